The van der Waals surface area contributed by atoms with Crippen molar-refractivity contribution in [3.63, 3.8) is 0 Å². The molecule has 1 N–H and O–H groups in total. The van der Waals surface area contributed by atoms with Gasteiger partial charge in [0.25, 0.3) is 5.91 Å². The fraction of sp³-hybridized carbons (Fsp3) is 0.200. The molecule has 3 aromatic rings. The molecule has 0 bridgehead atoms. The maximum atomic E-state index is 12.8. The first-order valence-electron chi connectivity index (χ1n) is 8.31. The predicted molar refractivity (Wildman–Crippen MR) is 97.6 cm³/mol. The monoisotopic (exact) mass is 333 g/mol. The average molecular weight is 333 g/mol. The van der Waals surface area contributed by atoms with E-state index < -0.39 is 0 Å². The van der Waals surface area contributed by atoms with Crippen molar-refractivity contribution in [2.45, 2.75) is 6.42 Å². The van der Waals surface area contributed by atoms with Crippen LogP contribution in [0, 0.1) is 0 Å². The Bertz CT molecular complexity index is 958. The van der Waals surface area contributed by atoms with Crippen molar-refractivity contribution in [1.29, 1.82) is 0 Å². The summed E-state index contributed by atoms with van der Waals surface area (Å²) in [6.45, 7) is 1.27. The van der Waals surface area contributed by atoms with Crippen LogP contribution in [-0.2, 0) is 0 Å². The highest BCUT2D eigenvalue weighted by atomic mass is 16.5. The second-order valence-electron chi connectivity index (χ2n) is 6.03. The average Bonchev–Trinajstić information content (AvgIpc) is 3.11. The number of H-pyrrole nitrogens is 1. The number of nitrogens with one attached hydrogen (secondary N) is 1. The van der Waals surface area contributed by atoms with E-state index in [2.05, 4.69) is 16.0 Å². The van der Waals surface area contributed by atoms with Crippen LogP contribution in [0.1, 0.15) is 22.3 Å². The van der Waals surface area contributed by atoms with E-state index in [1.54, 1.807) is 13.3 Å². The number of rotatable bonds is 3. The van der Waals surface area contributed by atoms with Crippen LogP contribution in [0.25, 0.3) is 16.6 Å². The third-order valence-corrected chi connectivity index (χ3v) is 4.61. The Morgan fingerprint density at radius 2 is 2.12 bits per heavy atom. The molecule has 1 aliphatic heterocycles. The Balaban J connectivity index is 1.57. The van der Waals surface area contributed by atoms with Gasteiger partial charge in [0.05, 0.1) is 23.7 Å². The largest absolute Gasteiger partial charge is 0.496 e. The minimum atomic E-state index is 0.00445. The van der Waals surface area contributed by atoms with E-state index in [4.69, 9.17) is 4.74 Å². The normalized spacial score (nSPS) is 14.4. The number of para-hydroxylation sites is 1. The molecule has 5 nitrogen and oxygen atoms in total. The van der Waals surface area contributed by atoms with E-state index in [1.807, 2.05) is 47.5 Å². The molecular formula is C20H19N3O2. The number of ether oxygens (including phenoxy) is 1. The number of benzene rings is 1. The maximum Gasteiger partial charge on any atom is 0.257 e. The van der Waals surface area contributed by atoms with Gasteiger partial charge < -0.3 is 14.6 Å². The van der Waals surface area contributed by atoms with Gasteiger partial charge in [0, 0.05) is 31.0 Å². The number of methoxy groups -OCH3 is 1. The molecule has 1 aliphatic rings. The van der Waals surface area contributed by atoms with Crippen molar-refractivity contribution in [3.8, 4) is 5.75 Å². The van der Waals surface area contributed by atoms with Crippen molar-refractivity contribution in [1.82, 2.24) is 14.9 Å². The van der Waals surface area contributed by atoms with Gasteiger partial charge >= 0.3 is 0 Å². The molecule has 1 aromatic carbocycles. The molecule has 0 saturated heterocycles. The fourth-order valence-corrected chi connectivity index (χ4v) is 3.29. The lowest BCUT2D eigenvalue weighted by molar-refractivity contribution is 0.0769. The van der Waals surface area contributed by atoms with Gasteiger partial charge in [-0.25, -0.2) is 0 Å². The van der Waals surface area contributed by atoms with E-state index in [0.29, 0.717) is 24.4 Å². The minimum absolute atomic E-state index is 0.00445. The number of aromatic amines is 1. The summed E-state index contributed by atoms with van der Waals surface area (Å²) in [6, 6.07) is 11.3. The van der Waals surface area contributed by atoms with Gasteiger partial charge in [-0.2, -0.15) is 0 Å². The molecule has 126 valence electrons. The molecule has 5 heteroatoms. The first-order chi connectivity index (χ1) is 12.3. The Labute approximate surface area is 145 Å². The summed E-state index contributed by atoms with van der Waals surface area (Å²) in [5.74, 6) is 0.618. The van der Waals surface area contributed by atoms with E-state index in [-0.39, 0.29) is 5.91 Å². The second kappa shape index (κ2) is 6.43. The van der Waals surface area contributed by atoms with Gasteiger partial charge in [-0.1, -0.05) is 18.2 Å². The van der Waals surface area contributed by atoms with Gasteiger partial charge in [-0.15, -0.1) is 0 Å². The van der Waals surface area contributed by atoms with Crippen LogP contribution in [0.4, 0.5) is 0 Å². The summed E-state index contributed by atoms with van der Waals surface area (Å²) in [7, 11) is 1.59. The summed E-state index contributed by atoms with van der Waals surface area (Å²) < 4.78 is 5.31. The molecule has 25 heavy (non-hydrogen) atoms. The molecule has 0 fully saturated rings. The van der Waals surface area contributed by atoms with Crippen molar-refractivity contribution in [3.05, 3.63) is 66.0 Å². The Morgan fingerprint density at radius 1 is 1.24 bits per heavy atom. The van der Waals surface area contributed by atoms with Crippen LogP contribution in [0.15, 0.2) is 54.9 Å². The Kier molecular flexibility index (Phi) is 3.98. The number of amides is 1. The molecule has 0 aliphatic carbocycles. The first-order valence-corrected chi connectivity index (χ1v) is 8.31. The molecule has 0 saturated carbocycles. The SMILES string of the molecule is COc1ccccc1C(=O)N1CC=C(c2c[nH]c3cccnc23)CC1. The summed E-state index contributed by atoms with van der Waals surface area (Å²) in [5, 5.41) is 0. The first kappa shape index (κ1) is 15.4. The Hall–Kier alpha value is -3.08. The van der Waals surface area contributed by atoms with E-state index in [9.17, 15) is 4.79 Å². The van der Waals surface area contributed by atoms with Gasteiger partial charge in [-0.3, -0.25) is 9.78 Å². The highest BCUT2D eigenvalue weighted by molar-refractivity contribution is 5.98. The molecule has 0 unspecified atom stereocenters. The number of hydrogen-bond donors (Lipinski definition) is 1. The molecular weight excluding hydrogens is 314 g/mol. The number of nitrogens with zero attached hydrogens (tertiary/aromatic N) is 2. The minimum Gasteiger partial charge on any atom is -0.496 e. The zero-order chi connectivity index (χ0) is 17.2. The van der Waals surface area contributed by atoms with Crippen LogP contribution in [0.3, 0.4) is 0 Å². The van der Waals surface area contributed by atoms with Crippen molar-refractivity contribution in [2.24, 2.45) is 0 Å². The van der Waals surface area contributed by atoms with Crippen LogP contribution in [0.5, 0.6) is 5.75 Å². The number of carbonyl (C=O) groups is 1. The van der Waals surface area contributed by atoms with Crippen LogP contribution < -0.4 is 4.74 Å². The lowest BCUT2D eigenvalue weighted by Crippen LogP contribution is -2.34. The van der Waals surface area contributed by atoms with Gasteiger partial charge in [0.15, 0.2) is 0 Å². The molecule has 4 rings (SSSR count). The van der Waals surface area contributed by atoms with Crippen LogP contribution in [-0.4, -0.2) is 41.0 Å². The number of pyridine rings is 1. The van der Waals surface area contributed by atoms with Gasteiger partial charge in [0.2, 0.25) is 0 Å². The van der Waals surface area contributed by atoms with E-state index in [0.717, 1.165) is 23.0 Å². The van der Waals surface area contributed by atoms with E-state index in [1.165, 1.54) is 5.57 Å². The highest BCUT2D eigenvalue weighted by Crippen LogP contribution is 2.29. The summed E-state index contributed by atoms with van der Waals surface area (Å²) >= 11 is 0. The third-order valence-electron chi connectivity index (χ3n) is 4.61. The zero-order valence-electron chi connectivity index (χ0n) is 14.0. The van der Waals surface area contributed by atoms with Crippen LogP contribution >= 0.6 is 0 Å². The topological polar surface area (TPSA) is 58.2 Å². The highest BCUT2D eigenvalue weighted by Gasteiger charge is 2.22. The summed E-state index contributed by atoms with van der Waals surface area (Å²) in [6.07, 6.45) is 6.74. The number of aromatic nitrogens is 2. The van der Waals surface area contributed by atoms with E-state index >= 15 is 0 Å². The molecule has 0 spiro atoms. The number of carbonyl (C=O) groups excluding carboxylic acids is 1. The van der Waals surface area contributed by atoms with Gasteiger partial charge in [-0.05, 0) is 36.3 Å². The summed E-state index contributed by atoms with van der Waals surface area (Å²) in [5.41, 5.74) is 4.98. The smallest absolute Gasteiger partial charge is 0.257 e. The number of hydrogen-bond acceptors (Lipinski definition) is 3. The fourth-order valence-electron chi connectivity index (χ4n) is 3.29. The second-order valence-corrected chi connectivity index (χ2v) is 6.03. The zero-order valence-corrected chi connectivity index (χ0v) is 14.0. The maximum absolute atomic E-state index is 12.8. The van der Waals surface area contributed by atoms with Crippen molar-refractivity contribution in [2.75, 3.05) is 20.2 Å². The quantitative estimate of drug-likeness (QED) is 0.798. The molecule has 2 aromatic heterocycles. The third kappa shape index (κ3) is 2.78. The molecule has 0 atom stereocenters. The predicted octanol–water partition coefficient (Wildman–Crippen LogP) is 3.50. The standard InChI is InChI=1S/C20H19N3O2/c1-25-18-7-3-2-5-15(18)20(24)23-11-8-14(9-12-23)16-13-22-17-6-4-10-21-19(16)17/h2-8,10,13,22H,9,11-12H2,1H3. The van der Waals surface area contributed by atoms with Crippen molar-refractivity contribution >= 4 is 22.5 Å². The summed E-state index contributed by atoms with van der Waals surface area (Å²) in [4.78, 5) is 22.4. The lowest BCUT2D eigenvalue weighted by atomic mass is 10.0. The van der Waals surface area contributed by atoms with Crippen molar-refractivity contribution < 1.29 is 9.53 Å². The molecule has 1 amide bonds. The number of fused-ring (bicyclic) bond motifs is 1. The van der Waals surface area contributed by atoms with Crippen LogP contribution in [0.2, 0.25) is 0 Å². The van der Waals surface area contributed by atoms with Gasteiger partial charge in [0.1, 0.15) is 5.75 Å². The molecule has 3 heterocycles. The lowest BCUT2D eigenvalue weighted by Gasteiger charge is -2.27. The molecule has 0 radical (unpaired) electrons. The Morgan fingerprint density at radius 3 is 2.92 bits per heavy atom.